The molecule has 0 unspecified atom stereocenters. The standard InChI is InChI=1S/C10H16N4O6S/c1-2-20-9(17)13-21(18,19)14-5-3-10(4-6-14)7(15)11-8(16)12-10/h2-6H2,1H3,(H,13,17)(H2,11,12,15,16). The van der Waals surface area contributed by atoms with Crippen LogP contribution >= 0.6 is 0 Å². The Hall–Kier alpha value is -1.88. The van der Waals surface area contributed by atoms with Gasteiger partial charge in [0.15, 0.2) is 0 Å². The maximum atomic E-state index is 11.9. The van der Waals surface area contributed by atoms with Gasteiger partial charge in [0.25, 0.3) is 5.91 Å². The van der Waals surface area contributed by atoms with E-state index in [1.165, 1.54) is 0 Å². The molecule has 2 rings (SSSR count). The minimum Gasteiger partial charge on any atom is -0.449 e. The zero-order chi connectivity index (χ0) is 15.7. The average molecular weight is 320 g/mol. The predicted octanol–water partition coefficient (Wildman–Crippen LogP) is -1.35. The minimum absolute atomic E-state index is 0.00242. The Morgan fingerprint density at radius 1 is 1.38 bits per heavy atom. The maximum absolute atomic E-state index is 11.9. The molecule has 2 aliphatic heterocycles. The van der Waals surface area contributed by atoms with Crippen LogP contribution < -0.4 is 15.4 Å². The van der Waals surface area contributed by atoms with Crippen LogP contribution in [0.3, 0.4) is 0 Å². The molecular formula is C10H16N4O6S. The Morgan fingerprint density at radius 3 is 2.48 bits per heavy atom. The molecule has 0 aromatic heterocycles. The Balaban J connectivity index is 1.99. The number of hydrogen-bond donors (Lipinski definition) is 3. The van der Waals surface area contributed by atoms with E-state index in [9.17, 15) is 22.8 Å². The van der Waals surface area contributed by atoms with Crippen molar-refractivity contribution in [2.24, 2.45) is 0 Å². The first-order valence-corrected chi connectivity index (χ1v) is 7.81. The van der Waals surface area contributed by atoms with E-state index >= 15 is 0 Å². The molecule has 2 heterocycles. The van der Waals surface area contributed by atoms with E-state index < -0.39 is 33.8 Å². The Labute approximate surface area is 121 Å². The fourth-order valence-corrected chi connectivity index (χ4v) is 3.38. The van der Waals surface area contributed by atoms with E-state index in [1.54, 1.807) is 11.6 Å². The minimum atomic E-state index is -4.02. The molecule has 10 nitrogen and oxygen atoms in total. The van der Waals surface area contributed by atoms with Crippen LogP contribution in [-0.4, -0.2) is 56.0 Å². The van der Waals surface area contributed by atoms with Gasteiger partial charge in [-0.2, -0.15) is 12.7 Å². The molecule has 0 saturated carbocycles. The molecule has 21 heavy (non-hydrogen) atoms. The largest absolute Gasteiger partial charge is 0.449 e. The number of nitrogens with one attached hydrogen (secondary N) is 3. The lowest BCUT2D eigenvalue weighted by atomic mass is 9.89. The third-order valence-electron chi connectivity index (χ3n) is 3.42. The number of piperidine rings is 1. The number of hydrogen-bond acceptors (Lipinski definition) is 6. The van der Waals surface area contributed by atoms with E-state index in [2.05, 4.69) is 15.4 Å². The van der Waals surface area contributed by atoms with Crippen molar-refractivity contribution in [1.29, 1.82) is 0 Å². The van der Waals surface area contributed by atoms with Crippen LogP contribution in [0.15, 0.2) is 0 Å². The molecule has 0 bridgehead atoms. The van der Waals surface area contributed by atoms with Crippen LogP contribution in [0, 0.1) is 0 Å². The molecule has 0 aromatic rings. The summed E-state index contributed by atoms with van der Waals surface area (Å²) in [4.78, 5) is 34.1. The van der Waals surface area contributed by atoms with Gasteiger partial charge in [-0.15, -0.1) is 0 Å². The molecule has 4 amide bonds. The van der Waals surface area contributed by atoms with E-state index in [0.29, 0.717) is 0 Å². The first-order valence-electron chi connectivity index (χ1n) is 6.37. The summed E-state index contributed by atoms with van der Waals surface area (Å²) in [5.74, 6) is -0.456. The maximum Gasteiger partial charge on any atom is 0.421 e. The number of imide groups is 1. The normalized spacial score (nSPS) is 21.8. The number of nitrogens with zero attached hydrogens (tertiary/aromatic N) is 1. The SMILES string of the molecule is CCOC(=O)NS(=O)(=O)N1CCC2(CC1)NC(=O)NC2=O. The lowest BCUT2D eigenvalue weighted by Crippen LogP contribution is -2.57. The number of ether oxygens (including phenoxy) is 1. The summed E-state index contributed by atoms with van der Waals surface area (Å²) in [5, 5.41) is 4.65. The van der Waals surface area contributed by atoms with E-state index in [1.807, 2.05) is 0 Å². The summed E-state index contributed by atoms with van der Waals surface area (Å²) in [6, 6.07) is -0.582. The number of amides is 4. The molecule has 3 N–H and O–H groups in total. The van der Waals surface area contributed by atoms with E-state index in [4.69, 9.17) is 0 Å². The van der Waals surface area contributed by atoms with Crippen molar-refractivity contribution < 1.29 is 27.5 Å². The zero-order valence-corrected chi connectivity index (χ0v) is 12.2. The highest BCUT2D eigenvalue weighted by atomic mass is 32.2. The van der Waals surface area contributed by atoms with Gasteiger partial charge in [0, 0.05) is 13.1 Å². The lowest BCUT2D eigenvalue weighted by Gasteiger charge is -2.35. The molecule has 2 fully saturated rings. The van der Waals surface area contributed by atoms with Gasteiger partial charge in [0.2, 0.25) is 0 Å². The molecule has 11 heteroatoms. The van der Waals surface area contributed by atoms with Crippen molar-refractivity contribution in [3.05, 3.63) is 0 Å². The van der Waals surface area contributed by atoms with Gasteiger partial charge in [0.05, 0.1) is 6.61 Å². The highest BCUT2D eigenvalue weighted by Gasteiger charge is 2.49. The van der Waals surface area contributed by atoms with Crippen molar-refractivity contribution in [2.75, 3.05) is 19.7 Å². The summed E-state index contributed by atoms with van der Waals surface area (Å²) < 4.78 is 31.2. The second-order valence-electron chi connectivity index (χ2n) is 4.72. The summed E-state index contributed by atoms with van der Waals surface area (Å²) in [5.41, 5.74) is -1.06. The second-order valence-corrected chi connectivity index (χ2v) is 6.39. The Bertz CT molecular complexity index is 566. The molecular weight excluding hydrogens is 304 g/mol. The molecule has 0 aliphatic carbocycles. The van der Waals surface area contributed by atoms with Crippen LogP contribution in [0.25, 0.3) is 0 Å². The van der Waals surface area contributed by atoms with Gasteiger partial charge >= 0.3 is 22.3 Å². The molecule has 0 radical (unpaired) electrons. The quantitative estimate of drug-likeness (QED) is 0.551. The average Bonchev–Trinajstić information content (AvgIpc) is 2.64. The molecule has 0 aromatic carbocycles. The number of rotatable bonds is 3. The highest BCUT2D eigenvalue weighted by molar-refractivity contribution is 7.87. The van der Waals surface area contributed by atoms with E-state index in [0.717, 1.165) is 4.31 Å². The van der Waals surface area contributed by atoms with E-state index in [-0.39, 0.29) is 32.5 Å². The van der Waals surface area contributed by atoms with Crippen LogP contribution in [-0.2, 0) is 19.7 Å². The second kappa shape index (κ2) is 5.48. The van der Waals surface area contributed by atoms with Gasteiger partial charge in [0.1, 0.15) is 5.54 Å². The van der Waals surface area contributed by atoms with Gasteiger partial charge in [-0.3, -0.25) is 10.1 Å². The summed E-state index contributed by atoms with van der Waals surface area (Å²) in [7, 11) is -4.02. The van der Waals surface area contributed by atoms with Gasteiger partial charge in [-0.1, -0.05) is 0 Å². The van der Waals surface area contributed by atoms with Crippen molar-refractivity contribution in [3.63, 3.8) is 0 Å². The Kier molecular flexibility index (Phi) is 4.05. The molecule has 0 atom stereocenters. The number of carbonyl (C=O) groups is 3. The van der Waals surface area contributed by atoms with Gasteiger partial charge < -0.3 is 10.1 Å². The topological polar surface area (TPSA) is 134 Å². The fourth-order valence-electron chi connectivity index (χ4n) is 2.32. The first-order chi connectivity index (χ1) is 9.79. The van der Waals surface area contributed by atoms with Crippen molar-refractivity contribution in [2.45, 2.75) is 25.3 Å². The highest BCUT2D eigenvalue weighted by Crippen LogP contribution is 2.26. The first kappa shape index (κ1) is 15.5. The Morgan fingerprint density at radius 2 is 2.00 bits per heavy atom. The monoisotopic (exact) mass is 320 g/mol. The van der Waals surface area contributed by atoms with Crippen LogP contribution in [0.2, 0.25) is 0 Å². The smallest absolute Gasteiger partial charge is 0.421 e. The summed E-state index contributed by atoms with van der Waals surface area (Å²) in [6.07, 6.45) is -0.785. The van der Waals surface area contributed by atoms with Crippen LogP contribution in [0.1, 0.15) is 19.8 Å². The van der Waals surface area contributed by atoms with Crippen molar-refractivity contribution >= 4 is 28.2 Å². The zero-order valence-electron chi connectivity index (χ0n) is 11.3. The van der Waals surface area contributed by atoms with Gasteiger partial charge in [-0.05, 0) is 19.8 Å². The molecule has 2 aliphatic rings. The predicted molar refractivity (Wildman–Crippen MR) is 69.3 cm³/mol. The summed E-state index contributed by atoms with van der Waals surface area (Å²) in [6.45, 7) is 1.61. The summed E-state index contributed by atoms with van der Waals surface area (Å²) >= 11 is 0. The van der Waals surface area contributed by atoms with Crippen LogP contribution in [0.5, 0.6) is 0 Å². The van der Waals surface area contributed by atoms with Crippen LogP contribution in [0.4, 0.5) is 9.59 Å². The molecule has 118 valence electrons. The van der Waals surface area contributed by atoms with Gasteiger partial charge in [-0.25, -0.2) is 14.3 Å². The fraction of sp³-hybridized carbons (Fsp3) is 0.700. The third kappa shape index (κ3) is 3.08. The van der Waals surface area contributed by atoms with Crippen molar-refractivity contribution in [3.8, 4) is 0 Å². The molecule has 2 saturated heterocycles. The lowest BCUT2D eigenvalue weighted by molar-refractivity contribution is -0.125. The molecule has 1 spiro atoms. The number of carbonyl (C=O) groups excluding carboxylic acids is 3. The number of urea groups is 1. The third-order valence-corrected chi connectivity index (χ3v) is 4.89. The van der Waals surface area contributed by atoms with Crippen molar-refractivity contribution in [1.82, 2.24) is 19.7 Å².